The Morgan fingerprint density at radius 1 is 1.62 bits per heavy atom. The quantitative estimate of drug-likeness (QED) is 0.711. The van der Waals surface area contributed by atoms with E-state index in [9.17, 15) is 0 Å². The Kier molecular flexibility index (Phi) is 2.08. The molecule has 2 rings (SSSR count). The number of anilines is 1. The first kappa shape index (κ1) is 8.35. The smallest absolute Gasteiger partial charge is 0.237 e. The van der Waals surface area contributed by atoms with Gasteiger partial charge in [-0.25, -0.2) is 4.98 Å². The molecule has 0 aromatic carbocycles. The summed E-state index contributed by atoms with van der Waals surface area (Å²) in [6, 6.07) is 0. The van der Waals surface area contributed by atoms with Gasteiger partial charge in [0.2, 0.25) is 5.88 Å². The third-order valence-electron chi connectivity index (χ3n) is 2.36. The van der Waals surface area contributed by atoms with Crippen LogP contribution in [0.15, 0.2) is 6.20 Å². The van der Waals surface area contributed by atoms with Crippen LogP contribution in [0.25, 0.3) is 0 Å². The third-order valence-corrected chi connectivity index (χ3v) is 2.36. The number of aromatic nitrogens is 1. The molecule has 1 N–H and O–H groups in total. The zero-order valence-electron chi connectivity index (χ0n) is 8.05. The summed E-state index contributed by atoms with van der Waals surface area (Å²) in [5.74, 6) is 0.758. The van der Waals surface area contributed by atoms with Gasteiger partial charge < -0.3 is 10.1 Å². The van der Waals surface area contributed by atoms with Crippen molar-refractivity contribution in [2.75, 3.05) is 18.5 Å². The Morgan fingerprint density at radius 3 is 3.23 bits per heavy atom. The van der Waals surface area contributed by atoms with Crippen molar-refractivity contribution in [3.63, 3.8) is 0 Å². The predicted molar refractivity (Wildman–Crippen MR) is 52.3 cm³/mol. The number of rotatable bonds is 1. The molecule has 2 heterocycles. The molecule has 0 spiro atoms. The maximum absolute atomic E-state index is 5.45. The summed E-state index contributed by atoms with van der Waals surface area (Å²) >= 11 is 0. The molecule has 1 aliphatic rings. The highest BCUT2D eigenvalue weighted by Gasteiger charge is 2.15. The van der Waals surface area contributed by atoms with Crippen molar-refractivity contribution < 1.29 is 4.74 Å². The molecule has 0 fully saturated rings. The van der Waals surface area contributed by atoms with Crippen molar-refractivity contribution in [3.05, 3.63) is 17.3 Å². The van der Waals surface area contributed by atoms with Crippen LogP contribution in [-0.2, 0) is 6.42 Å². The summed E-state index contributed by atoms with van der Waals surface area (Å²) in [6.07, 6.45) is 2.90. The van der Waals surface area contributed by atoms with Crippen molar-refractivity contribution >= 4 is 5.69 Å². The number of ether oxygens (including phenoxy) is 1. The van der Waals surface area contributed by atoms with E-state index in [2.05, 4.69) is 24.1 Å². The van der Waals surface area contributed by atoms with Crippen LogP contribution in [-0.4, -0.2) is 18.1 Å². The molecule has 1 aromatic heterocycles. The number of pyridine rings is 1. The molecule has 0 amide bonds. The fourth-order valence-electron chi connectivity index (χ4n) is 1.70. The van der Waals surface area contributed by atoms with Gasteiger partial charge in [0.15, 0.2) is 0 Å². The number of hydrogen-bond donors (Lipinski definition) is 1. The van der Waals surface area contributed by atoms with Crippen LogP contribution in [0.1, 0.15) is 18.1 Å². The second-order valence-electron chi connectivity index (χ2n) is 3.23. The van der Waals surface area contributed by atoms with E-state index in [1.54, 1.807) is 0 Å². The summed E-state index contributed by atoms with van der Waals surface area (Å²) in [5, 5.41) is 3.34. The minimum atomic E-state index is 0.714. The Bertz CT molecular complexity index is 323. The van der Waals surface area contributed by atoms with Crippen LogP contribution >= 0.6 is 0 Å². The molecule has 70 valence electrons. The molecule has 0 bridgehead atoms. The van der Waals surface area contributed by atoms with Crippen LogP contribution in [0, 0.1) is 6.92 Å². The fraction of sp³-hybridized carbons (Fsp3) is 0.500. The first-order valence-electron chi connectivity index (χ1n) is 4.68. The van der Waals surface area contributed by atoms with Crippen molar-refractivity contribution in [2.24, 2.45) is 0 Å². The molecular formula is C10H14N2O. The van der Waals surface area contributed by atoms with E-state index in [1.165, 1.54) is 11.1 Å². The number of fused-ring (bicyclic) bond motifs is 1. The highest BCUT2D eigenvalue weighted by molar-refractivity contribution is 5.62. The van der Waals surface area contributed by atoms with Gasteiger partial charge in [-0.3, -0.25) is 0 Å². The lowest BCUT2D eigenvalue weighted by atomic mass is 10.1. The molecule has 0 aliphatic carbocycles. The zero-order chi connectivity index (χ0) is 9.26. The lowest BCUT2D eigenvalue weighted by molar-refractivity contribution is 0.310. The summed E-state index contributed by atoms with van der Waals surface area (Å²) in [5.41, 5.74) is 3.65. The minimum absolute atomic E-state index is 0.714. The Hall–Kier alpha value is -1.25. The van der Waals surface area contributed by atoms with Gasteiger partial charge in [0, 0.05) is 12.7 Å². The summed E-state index contributed by atoms with van der Waals surface area (Å²) in [4.78, 5) is 4.24. The van der Waals surface area contributed by atoms with E-state index in [-0.39, 0.29) is 0 Å². The van der Waals surface area contributed by atoms with Gasteiger partial charge in [-0.05, 0) is 24.5 Å². The highest BCUT2D eigenvalue weighted by atomic mass is 16.5. The third kappa shape index (κ3) is 1.34. The van der Waals surface area contributed by atoms with E-state index in [0.29, 0.717) is 6.61 Å². The molecule has 13 heavy (non-hydrogen) atoms. The summed E-state index contributed by atoms with van der Waals surface area (Å²) in [6.45, 7) is 5.83. The van der Waals surface area contributed by atoms with Crippen molar-refractivity contribution in [1.29, 1.82) is 0 Å². The molecule has 0 atom stereocenters. The van der Waals surface area contributed by atoms with Gasteiger partial charge >= 0.3 is 0 Å². The Balaban J connectivity index is 2.52. The lowest BCUT2D eigenvalue weighted by Gasteiger charge is -2.21. The standard InChI is InChI=1S/C10H14N2O/c1-3-8-7(2)6-12-10-9(8)11-4-5-13-10/h6,11H,3-5H2,1-2H3. The number of nitrogens with one attached hydrogen (secondary N) is 1. The van der Waals surface area contributed by atoms with Crippen LogP contribution in [0.3, 0.4) is 0 Å². The molecule has 0 radical (unpaired) electrons. The van der Waals surface area contributed by atoms with Crippen LogP contribution in [0.2, 0.25) is 0 Å². The highest BCUT2D eigenvalue weighted by Crippen LogP contribution is 2.30. The molecule has 0 saturated heterocycles. The molecule has 0 saturated carbocycles. The molecule has 3 nitrogen and oxygen atoms in total. The number of hydrogen-bond acceptors (Lipinski definition) is 3. The van der Waals surface area contributed by atoms with E-state index < -0.39 is 0 Å². The van der Waals surface area contributed by atoms with Crippen molar-refractivity contribution in [1.82, 2.24) is 4.98 Å². The number of aryl methyl sites for hydroxylation is 1. The van der Waals surface area contributed by atoms with Crippen LogP contribution in [0.5, 0.6) is 5.88 Å². The SMILES string of the molecule is CCc1c(C)cnc2c1NCCO2. The maximum Gasteiger partial charge on any atom is 0.237 e. The van der Waals surface area contributed by atoms with Gasteiger partial charge in [0.1, 0.15) is 12.3 Å². The maximum atomic E-state index is 5.45. The van der Waals surface area contributed by atoms with Crippen LogP contribution in [0.4, 0.5) is 5.69 Å². The second kappa shape index (κ2) is 3.24. The largest absolute Gasteiger partial charge is 0.474 e. The summed E-state index contributed by atoms with van der Waals surface area (Å²) < 4.78 is 5.45. The molecular weight excluding hydrogens is 164 g/mol. The van der Waals surface area contributed by atoms with Gasteiger partial charge in [0.05, 0.1) is 0 Å². The lowest BCUT2D eigenvalue weighted by Crippen LogP contribution is -2.20. The van der Waals surface area contributed by atoms with Crippen molar-refractivity contribution in [3.8, 4) is 5.88 Å². The topological polar surface area (TPSA) is 34.2 Å². The van der Waals surface area contributed by atoms with Crippen LogP contribution < -0.4 is 10.1 Å². The summed E-state index contributed by atoms with van der Waals surface area (Å²) in [7, 11) is 0. The van der Waals surface area contributed by atoms with E-state index in [1.807, 2.05) is 6.20 Å². The molecule has 1 aliphatic heterocycles. The second-order valence-corrected chi connectivity index (χ2v) is 3.23. The van der Waals surface area contributed by atoms with Gasteiger partial charge in [-0.1, -0.05) is 6.92 Å². The average Bonchev–Trinajstić information content (AvgIpc) is 2.18. The van der Waals surface area contributed by atoms with Crippen molar-refractivity contribution in [2.45, 2.75) is 20.3 Å². The van der Waals surface area contributed by atoms with E-state index in [0.717, 1.165) is 24.5 Å². The van der Waals surface area contributed by atoms with E-state index >= 15 is 0 Å². The van der Waals surface area contributed by atoms with Gasteiger partial charge in [-0.2, -0.15) is 0 Å². The first-order chi connectivity index (χ1) is 6.33. The van der Waals surface area contributed by atoms with Gasteiger partial charge in [0.25, 0.3) is 0 Å². The van der Waals surface area contributed by atoms with Gasteiger partial charge in [-0.15, -0.1) is 0 Å². The Morgan fingerprint density at radius 2 is 2.46 bits per heavy atom. The first-order valence-corrected chi connectivity index (χ1v) is 4.68. The predicted octanol–water partition coefficient (Wildman–Crippen LogP) is 1.76. The molecule has 3 heteroatoms. The normalized spacial score (nSPS) is 14.3. The average molecular weight is 178 g/mol. The monoisotopic (exact) mass is 178 g/mol. The fourth-order valence-corrected chi connectivity index (χ4v) is 1.70. The zero-order valence-corrected chi connectivity index (χ0v) is 8.05. The molecule has 1 aromatic rings. The Labute approximate surface area is 78.1 Å². The minimum Gasteiger partial charge on any atom is -0.474 e. The number of nitrogens with zero attached hydrogens (tertiary/aromatic N) is 1. The van der Waals surface area contributed by atoms with E-state index in [4.69, 9.17) is 4.74 Å². The molecule has 0 unspecified atom stereocenters.